The average Bonchev–Trinajstić information content (AvgIpc) is 3.27. The van der Waals surface area contributed by atoms with Crippen LogP contribution in [0.5, 0.6) is 0 Å². The van der Waals surface area contributed by atoms with Crippen molar-refractivity contribution in [2.24, 2.45) is 7.05 Å². The third-order valence-corrected chi connectivity index (χ3v) is 6.96. The van der Waals surface area contributed by atoms with E-state index < -0.39 is 43.3 Å². The summed E-state index contributed by atoms with van der Waals surface area (Å²) in [6.07, 6.45) is -8.91. The predicted octanol–water partition coefficient (Wildman–Crippen LogP) is 4.44. The first-order valence-electron chi connectivity index (χ1n) is 8.13. The van der Waals surface area contributed by atoms with Gasteiger partial charge in [0, 0.05) is 13.2 Å². The molecule has 0 aliphatic rings. The second kappa shape index (κ2) is 7.34. The summed E-state index contributed by atoms with van der Waals surface area (Å²) in [7, 11) is -2.79. The number of nitrogens with zero attached hydrogens (tertiary/aromatic N) is 4. The Morgan fingerprint density at radius 1 is 1.03 bits per heavy atom. The minimum atomic E-state index is -4.82. The molecule has 0 saturated heterocycles. The van der Waals surface area contributed by atoms with E-state index >= 15 is 0 Å². The second-order valence-corrected chi connectivity index (χ2v) is 9.37. The molecule has 3 rings (SSSR count). The number of alkyl halides is 6. The van der Waals surface area contributed by atoms with Crippen molar-refractivity contribution in [3.8, 4) is 22.2 Å². The van der Waals surface area contributed by atoms with Crippen LogP contribution in [0.2, 0.25) is 0 Å². The van der Waals surface area contributed by atoms with Crippen molar-refractivity contribution >= 4 is 21.2 Å². The van der Waals surface area contributed by atoms with Gasteiger partial charge in [-0.15, -0.1) is 21.5 Å². The Bertz CT molecular complexity index is 1200. The summed E-state index contributed by atoms with van der Waals surface area (Å²) in [5.74, 6) is -0.715. The van der Waals surface area contributed by atoms with E-state index in [-0.39, 0.29) is 22.2 Å². The molecule has 30 heavy (non-hydrogen) atoms. The van der Waals surface area contributed by atoms with E-state index in [1.807, 2.05) is 0 Å². The van der Waals surface area contributed by atoms with Crippen LogP contribution in [0, 0.1) is 0 Å². The van der Waals surface area contributed by atoms with Gasteiger partial charge in [-0.2, -0.15) is 26.3 Å². The summed E-state index contributed by atoms with van der Waals surface area (Å²) < 4.78 is 104. The molecule has 0 radical (unpaired) electrons. The Morgan fingerprint density at radius 3 is 2.20 bits per heavy atom. The molecule has 6 nitrogen and oxygen atoms in total. The molecule has 3 heterocycles. The first-order valence-corrected chi connectivity index (χ1v) is 10.6. The minimum absolute atomic E-state index is 0.0213. The maximum absolute atomic E-state index is 13.0. The number of pyridine rings is 1. The maximum Gasteiger partial charge on any atom is 0.425 e. The van der Waals surface area contributed by atoms with Crippen LogP contribution in [0.3, 0.4) is 0 Å². The molecule has 0 unspecified atom stereocenters. The predicted molar refractivity (Wildman–Crippen MR) is 95.3 cm³/mol. The number of halogens is 6. The van der Waals surface area contributed by atoms with Crippen LogP contribution < -0.4 is 0 Å². The summed E-state index contributed by atoms with van der Waals surface area (Å²) in [4.78, 5) is 2.17. The lowest BCUT2D eigenvalue weighted by Crippen LogP contribution is -2.13. The van der Waals surface area contributed by atoms with Crippen molar-refractivity contribution in [3.63, 3.8) is 0 Å². The van der Waals surface area contributed by atoms with E-state index in [0.717, 1.165) is 6.07 Å². The maximum atomic E-state index is 13.0. The summed E-state index contributed by atoms with van der Waals surface area (Å²) >= 11 is 0.400. The SMILES string of the molecule is CCS(=O)(=O)c1cc(C(F)(F)F)cnc1-c1nnc(-c2ccc(C(F)(F)F)s2)n1C. The van der Waals surface area contributed by atoms with Gasteiger partial charge < -0.3 is 4.57 Å². The molecule has 0 aliphatic heterocycles. The normalized spacial score (nSPS) is 13.1. The fourth-order valence-corrected chi connectivity index (χ4v) is 4.47. The van der Waals surface area contributed by atoms with E-state index in [0.29, 0.717) is 23.6 Å². The quantitative estimate of drug-likeness (QED) is 0.527. The van der Waals surface area contributed by atoms with Gasteiger partial charge in [0.2, 0.25) is 0 Å². The van der Waals surface area contributed by atoms with Gasteiger partial charge in [0.05, 0.1) is 21.1 Å². The second-order valence-electron chi connectivity index (χ2n) is 6.04. The molecule has 0 amide bonds. The standard InChI is InChI=1S/C16H12F6N4O2S2/c1-3-30(27,28)10-6-8(15(17,18)19)7-23-12(10)14-25-24-13(26(14)2)9-4-5-11(29-9)16(20,21)22/h4-7H,3H2,1-2H3. The molecule has 0 aromatic carbocycles. The summed E-state index contributed by atoms with van der Waals surface area (Å²) in [6, 6.07) is 2.49. The highest BCUT2D eigenvalue weighted by molar-refractivity contribution is 7.91. The number of rotatable bonds is 4. The molecule has 14 heteroatoms. The van der Waals surface area contributed by atoms with Crippen LogP contribution >= 0.6 is 11.3 Å². The molecule has 0 N–H and O–H groups in total. The summed E-state index contributed by atoms with van der Waals surface area (Å²) in [6.45, 7) is 1.26. The van der Waals surface area contributed by atoms with E-state index in [4.69, 9.17) is 0 Å². The zero-order valence-electron chi connectivity index (χ0n) is 15.2. The summed E-state index contributed by atoms with van der Waals surface area (Å²) in [5.41, 5.74) is -1.63. The third-order valence-electron chi connectivity index (χ3n) is 4.09. The highest BCUT2D eigenvalue weighted by Crippen LogP contribution is 2.39. The molecule has 3 aromatic heterocycles. The number of aromatic nitrogens is 4. The number of thiophene rings is 1. The highest BCUT2D eigenvalue weighted by atomic mass is 32.2. The minimum Gasteiger partial charge on any atom is -0.308 e. The fourth-order valence-electron chi connectivity index (χ4n) is 2.52. The Balaban J connectivity index is 2.17. The Morgan fingerprint density at radius 2 is 1.67 bits per heavy atom. The van der Waals surface area contributed by atoms with Crippen molar-refractivity contribution in [2.75, 3.05) is 5.75 Å². The molecule has 3 aromatic rings. The molecule has 0 aliphatic carbocycles. The van der Waals surface area contributed by atoms with Gasteiger partial charge in [0.1, 0.15) is 10.6 Å². The molecule has 0 spiro atoms. The van der Waals surface area contributed by atoms with E-state index in [9.17, 15) is 34.8 Å². The lowest BCUT2D eigenvalue weighted by Gasteiger charge is -2.12. The van der Waals surface area contributed by atoms with Gasteiger partial charge in [-0.25, -0.2) is 8.42 Å². The number of sulfone groups is 1. The first-order chi connectivity index (χ1) is 13.8. The lowest BCUT2D eigenvalue weighted by molar-refractivity contribution is -0.138. The molecule has 162 valence electrons. The topological polar surface area (TPSA) is 77.7 Å². The Hall–Kier alpha value is -2.48. The van der Waals surface area contributed by atoms with Gasteiger partial charge >= 0.3 is 12.4 Å². The van der Waals surface area contributed by atoms with Crippen molar-refractivity contribution in [1.29, 1.82) is 0 Å². The third kappa shape index (κ3) is 4.05. The Labute approximate surface area is 170 Å². The molecular weight excluding hydrogens is 458 g/mol. The largest absolute Gasteiger partial charge is 0.425 e. The van der Waals surface area contributed by atoms with Crippen molar-refractivity contribution in [1.82, 2.24) is 19.7 Å². The van der Waals surface area contributed by atoms with Crippen LogP contribution in [-0.2, 0) is 29.2 Å². The van der Waals surface area contributed by atoms with E-state index in [2.05, 4.69) is 15.2 Å². The smallest absolute Gasteiger partial charge is 0.308 e. The highest BCUT2D eigenvalue weighted by Gasteiger charge is 2.35. The average molecular weight is 470 g/mol. The molecule has 0 saturated carbocycles. The Kier molecular flexibility index (Phi) is 5.43. The number of hydrogen-bond donors (Lipinski definition) is 0. The zero-order chi connectivity index (χ0) is 22.5. The molecule has 0 fully saturated rings. The van der Waals surface area contributed by atoms with Crippen LogP contribution in [0.4, 0.5) is 26.3 Å². The molecular formula is C16H12F6N4O2S2. The van der Waals surface area contributed by atoms with Crippen molar-refractivity contribution in [3.05, 3.63) is 34.8 Å². The van der Waals surface area contributed by atoms with Crippen LogP contribution in [0.1, 0.15) is 17.4 Å². The van der Waals surface area contributed by atoms with Gasteiger partial charge in [-0.3, -0.25) is 4.98 Å². The number of hydrogen-bond acceptors (Lipinski definition) is 6. The summed E-state index contributed by atoms with van der Waals surface area (Å²) in [5, 5.41) is 7.54. The molecule has 0 bridgehead atoms. The van der Waals surface area contributed by atoms with Crippen molar-refractivity contribution in [2.45, 2.75) is 24.2 Å². The van der Waals surface area contributed by atoms with E-state index in [1.165, 1.54) is 24.6 Å². The van der Waals surface area contributed by atoms with E-state index in [1.54, 1.807) is 0 Å². The van der Waals surface area contributed by atoms with Gasteiger partial charge in [0.15, 0.2) is 21.5 Å². The monoisotopic (exact) mass is 470 g/mol. The van der Waals surface area contributed by atoms with Gasteiger partial charge in [0.25, 0.3) is 0 Å². The fraction of sp³-hybridized carbons (Fsp3) is 0.312. The molecule has 0 atom stereocenters. The first kappa shape index (κ1) is 22.2. The van der Waals surface area contributed by atoms with Crippen molar-refractivity contribution < 1.29 is 34.8 Å². The van der Waals surface area contributed by atoms with Crippen LogP contribution in [0.15, 0.2) is 29.3 Å². The van der Waals surface area contributed by atoms with Gasteiger partial charge in [-0.05, 0) is 18.2 Å². The lowest BCUT2D eigenvalue weighted by atomic mass is 10.2. The zero-order valence-corrected chi connectivity index (χ0v) is 16.8. The van der Waals surface area contributed by atoms with Gasteiger partial charge in [-0.1, -0.05) is 6.92 Å². The van der Waals surface area contributed by atoms with Crippen LogP contribution in [0.25, 0.3) is 22.2 Å². The van der Waals surface area contributed by atoms with Crippen LogP contribution in [-0.4, -0.2) is 33.9 Å².